The van der Waals surface area contributed by atoms with Crippen LogP contribution in [0.3, 0.4) is 0 Å². The predicted molar refractivity (Wildman–Crippen MR) is 154 cm³/mol. The Morgan fingerprint density at radius 1 is 1.12 bits per heavy atom. The Kier molecular flexibility index (Phi) is 9.31. The Morgan fingerprint density at radius 3 is 2.58 bits per heavy atom. The molecule has 7 nitrogen and oxygen atoms in total. The first-order chi connectivity index (χ1) is 19.0. The maximum absolute atomic E-state index is 12.9. The highest BCUT2D eigenvalue weighted by Gasteiger charge is 2.36. The van der Waals surface area contributed by atoms with E-state index in [0.717, 1.165) is 28.7 Å². The number of imide groups is 1. The summed E-state index contributed by atoms with van der Waals surface area (Å²) in [5.41, 5.74) is 0.285. The van der Waals surface area contributed by atoms with Gasteiger partial charge in [0.2, 0.25) is 5.91 Å². The summed E-state index contributed by atoms with van der Waals surface area (Å²) >= 11 is 8.91. The monoisotopic (exact) mass is 702 g/mol. The van der Waals surface area contributed by atoms with Crippen molar-refractivity contribution in [3.63, 3.8) is 0 Å². The molecule has 1 saturated heterocycles. The topological polar surface area (TPSA) is 84.9 Å². The Hall–Kier alpha value is -3.23. The molecule has 40 heavy (non-hydrogen) atoms. The van der Waals surface area contributed by atoms with E-state index in [1.807, 2.05) is 18.2 Å². The molecule has 0 bridgehead atoms. The number of rotatable bonds is 8. The summed E-state index contributed by atoms with van der Waals surface area (Å²) in [6.07, 6.45) is -3.10. The molecule has 0 aromatic heterocycles. The van der Waals surface area contributed by atoms with E-state index in [-0.39, 0.29) is 17.2 Å². The molecule has 1 N–H and O–H groups in total. The van der Waals surface area contributed by atoms with Crippen LogP contribution in [-0.2, 0) is 22.4 Å². The Balaban J connectivity index is 1.46. The van der Waals surface area contributed by atoms with E-state index in [2.05, 4.69) is 27.9 Å². The van der Waals surface area contributed by atoms with Gasteiger partial charge in [-0.05, 0) is 82.4 Å². The van der Waals surface area contributed by atoms with Gasteiger partial charge in [-0.15, -0.1) is 0 Å². The largest absolute Gasteiger partial charge is 0.493 e. The molecule has 208 valence electrons. The van der Waals surface area contributed by atoms with Crippen molar-refractivity contribution in [2.75, 3.05) is 19.0 Å². The zero-order valence-corrected chi connectivity index (χ0v) is 24.3. The van der Waals surface area contributed by atoms with Gasteiger partial charge in [0.25, 0.3) is 11.1 Å². The molecule has 1 heterocycles. The maximum atomic E-state index is 12.9. The second-order valence-electron chi connectivity index (χ2n) is 8.31. The van der Waals surface area contributed by atoms with Crippen molar-refractivity contribution >= 4 is 74.8 Å². The van der Waals surface area contributed by atoms with Gasteiger partial charge in [-0.25, -0.2) is 0 Å². The van der Waals surface area contributed by atoms with Crippen LogP contribution in [0.15, 0.2) is 65.6 Å². The summed E-state index contributed by atoms with van der Waals surface area (Å²) in [4.78, 5) is 38.6. The lowest BCUT2D eigenvalue weighted by atomic mass is 10.1. The number of alkyl halides is 3. The highest BCUT2D eigenvalue weighted by atomic mass is 127. The van der Waals surface area contributed by atoms with E-state index in [9.17, 15) is 27.6 Å². The third-order valence-corrected chi connectivity index (χ3v) is 7.61. The molecule has 0 aliphatic carbocycles. The first kappa shape index (κ1) is 29.7. The fourth-order valence-corrected chi connectivity index (χ4v) is 5.44. The third kappa shape index (κ3) is 7.09. The van der Waals surface area contributed by atoms with E-state index in [1.54, 1.807) is 18.2 Å². The van der Waals surface area contributed by atoms with Gasteiger partial charge in [0, 0.05) is 16.3 Å². The minimum absolute atomic E-state index is 0.0689. The third-order valence-electron chi connectivity index (χ3n) is 5.53. The quantitative estimate of drug-likeness (QED) is 0.197. The average molecular weight is 703 g/mol. The Morgan fingerprint density at radius 2 is 1.88 bits per heavy atom. The van der Waals surface area contributed by atoms with Gasteiger partial charge in [-0.2, -0.15) is 13.2 Å². The smallest absolute Gasteiger partial charge is 0.416 e. The van der Waals surface area contributed by atoms with Crippen LogP contribution in [0.1, 0.15) is 16.7 Å². The van der Waals surface area contributed by atoms with Gasteiger partial charge in [-0.3, -0.25) is 19.3 Å². The van der Waals surface area contributed by atoms with Crippen molar-refractivity contribution in [2.45, 2.75) is 12.8 Å². The second kappa shape index (κ2) is 12.5. The SMILES string of the molecule is COc1cc(/C=C2\SC(=O)N(CC(=O)Nc3cccc(C(F)(F)F)c3)C2=O)cc(I)c1OCc1ccccc1Cl. The van der Waals surface area contributed by atoms with Gasteiger partial charge < -0.3 is 14.8 Å². The molecule has 3 aromatic carbocycles. The summed E-state index contributed by atoms with van der Waals surface area (Å²) in [5.74, 6) is -0.661. The first-order valence-corrected chi connectivity index (χ1v) is 13.7. The number of hydrogen-bond acceptors (Lipinski definition) is 6. The molecular weight excluding hydrogens is 684 g/mol. The molecule has 0 spiro atoms. The molecule has 1 aliphatic heterocycles. The molecule has 13 heteroatoms. The number of carbonyl (C=O) groups excluding carboxylic acids is 3. The van der Waals surface area contributed by atoms with Gasteiger partial charge in [0.1, 0.15) is 13.2 Å². The maximum Gasteiger partial charge on any atom is 0.416 e. The molecular formula is C27H19ClF3IN2O5S. The molecule has 0 unspecified atom stereocenters. The van der Waals surface area contributed by atoms with E-state index < -0.39 is 35.3 Å². The number of benzene rings is 3. The Labute approximate surface area is 249 Å². The number of anilines is 1. The van der Waals surface area contributed by atoms with Crippen molar-refractivity contribution in [3.05, 3.63) is 90.9 Å². The number of ether oxygens (including phenoxy) is 2. The van der Waals surface area contributed by atoms with Crippen molar-refractivity contribution in [1.82, 2.24) is 4.90 Å². The molecule has 4 rings (SSSR count). The number of amides is 3. The van der Waals surface area contributed by atoms with Gasteiger partial charge in [0.05, 0.1) is 21.1 Å². The lowest BCUT2D eigenvalue weighted by Crippen LogP contribution is -2.36. The number of halogens is 5. The summed E-state index contributed by atoms with van der Waals surface area (Å²) in [7, 11) is 1.47. The van der Waals surface area contributed by atoms with E-state index >= 15 is 0 Å². The first-order valence-electron chi connectivity index (χ1n) is 11.4. The fraction of sp³-hybridized carbons (Fsp3) is 0.148. The standard InChI is InChI=1S/C27H19ClF3IN2O5S/c1-38-21-10-15(9-20(32)24(21)39-14-16-5-2-3-8-19(16)28)11-22-25(36)34(26(37)40-22)13-23(35)33-18-7-4-6-17(12-18)27(29,30)31/h2-12H,13-14H2,1H3,(H,33,35)/b22-11-. The highest BCUT2D eigenvalue weighted by Crippen LogP contribution is 2.38. The molecule has 0 radical (unpaired) electrons. The van der Waals surface area contributed by atoms with Gasteiger partial charge in [0.15, 0.2) is 11.5 Å². The van der Waals surface area contributed by atoms with Crippen LogP contribution in [0.5, 0.6) is 11.5 Å². The molecule has 0 saturated carbocycles. The van der Waals surface area contributed by atoms with Crippen LogP contribution in [0.4, 0.5) is 23.7 Å². The van der Waals surface area contributed by atoms with Crippen molar-refractivity contribution in [3.8, 4) is 11.5 Å². The summed E-state index contributed by atoms with van der Waals surface area (Å²) in [5, 5.41) is 2.17. The lowest BCUT2D eigenvalue weighted by Gasteiger charge is -2.14. The minimum atomic E-state index is -4.58. The fourth-order valence-electron chi connectivity index (χ4n) is 3.63. The summed E-state index contributed by atoms with van der Waals surface area (Å²) in [6.45, 7) is -0.458. The number of carbonyl (C=O) groups is 3. The van der Waals surface area contributed by atoms with Gasteiger partial charge >= 0.3 is 6.18 Å². The zero-order valence-electron chi connectivity index (χ0n) is 20.6. The second-order valence-corrected chi connectivity index (χ2v) is 10.9. The summed E-state index contributed by atoms with van der Waals surface area (Å²) < 4.78 is 50.9. The molecule has 1 fully saturated rings. The van der Waals surface area contributed by atoms with Crippen LogP contribution >= 0.6 is 46.0 Å². The predicted octanol–water partition coefficient (Wildman–Crippen LogP) is 7.23. The molecule has 1 aliphatic rings. The van der Waals surface area contributed by atoms with Gasteiger partial charge in [-0.1, -0.05) is 35.9 Å². The van der Waals surface area contributed by atoms with E-state index in [4.69, 9.17) is 21.1 Å². The van der Waals surface area contributed by atoms with E-state index in [1.165, 1.54) is 19.3 Å². The number of nitrogens with one attached hydrogen (secondary N) is 1. The van der Waals surface area contributed by atoms with Crippen LogP contribution in [0, 0.1) is 3.57 Å². The van der Waals surface area contributed by atoms with Crippen LogP contribution in [0.2, 0.25) is 5.02 Å². The van der Waals surface area contributed by atoms with Crippen LogP contribution < -0.4 is 14.8 Å². The minimum Gasteiger partial charge on any atom is -0.493 e. The normalized spacial score (nSPS) is 14.6. The lowest BCUT2D eigenvalue weighted by molar-refractivity contribution is -0.137. The zero-order chi connectivity index (χ0) is 29.0. The van der Waals surface area contributed by atoms with Crippen molar-refractivity contribution in [1.29, 1.82) is 0 Å². The summed E-state index contributed by atoms with van der Waals surface area (Å²) in [6, 6.07) is 14.7. The number of hydrogen-bond donors (Lipinski definition) is 1. The molecule has 3 amide bonds. The number of thioether (sulfide) groups is 1. The highest BCUT2D eigenvalue weighted by molar-refractivity contribution is 14.1. The van der Waals surface area contributed by atoms with Crippen molar-refractivity contribution in [2.24, 2.45) is 0 Å². The van der Waals surface area contributed by atoms with Crippen LogP contribution in [0.25, 0.3) is 6.08 Å². The Bertz CT molecular complexity index is 1520. The van der Waals surface area contributed by atoms with Crippen LogP contribution in [-0.4, -0.2) is 35.6 Å². The molecule has 3 aromatic rings. The van der Waals surface area contributed by atoms with E-state index in [0.29, 0.717) is 37.4 Å². The number of nitrogens with zero attached hydrogens (tertiary/aromatic N) is 1. The van der Waals surface area contributed by atoms with Crippen molar-refractivity contribution < 1.29 is 37.0 Å². The molecule has 0 atom stereocenters. The number of methoxy groups -OCH3 is 1. The average Bonchev–Trinajstić information content (AvgIpc) is 3.15.